The molecule has 1 saturated heterocycles. The van der Waals surface area contributed by atoms with Crippen molar-refractivity contribution in [2.75, 3.05) is 20.2 Å². The number of nitrogens with one attached hydrogen (secondary N) is 1. The van der Waals surface area contributed by atoms with Crippen LogP contribution in [0.4, 0.5) is 0 Å². The van der Waals surface area contributed by atoms with E-state index in [1.54, 1.807) is 24.3 Å². The van der Waals surface area contributed by atoms with Crippen LogP contribution in [0.1, 0.15) is 44.2 Å². The maximum Gasteiger partial charge on any atom is 0.249 e. The highest BCUT2D eigenvalue weighted by Crippen LogP contribution is 2.35. The summed E-state index contributed by atoms with van der Waals surface area (Å²) in [6, 6.07) is 12.3. The van der Waals surface area contributed by atoms with Crippen LogP contribution in [0.3, 0.4) is 0 Å². The van der Waals surface area contributed by atoms with Gasteiger partial charge in [-0.15, -0.1) is 0 Å². The number of benzene rings is 2. The van der Waals surface area contributed by atoms with Crippen molar-refractivity contribution in [1.82, 2.24) is 5.32 Å². The predicted molar refractivity (Wildman–Crippen MR) is 91.6 cm³/mol. The maximum absolute atomic E-state index is 13.1. The number of carbonyl (C=O) groups is 2. The van der Waals surface area contributed by atoms with Gasteiger partial charge in [0.2, 0.25) is 5.91 Å². The van der Waals surface area contributed by atoms with Crippen LogP contribution in [-0.4, -0.2) is 31.9 Å². The number of primary amides is 1. The molecule has 1 aliphatic heterocycles. The van der Waals surface area contributed by atoms with E-state index in [9.17, 15) is 9.59 Å². The first kappa shape index (κ1) is 16.2. The molecule has 24 heavy (non-hydrogen) atoms. The molecule has 0 bridgehead atoms. The molecule has 1 aliphatic rings. The van der Waals surface area contributed by atoms with Gasteiger partial charge >= 0.3 is 0 Å². The molecule has 124 valence electrons. The molecule has 3 rings (SSSR count). The van der Waals surface area contributed by atoms with Crippen molar-refractivity contribution in [3.8, 4) is 5.75 Å². The Labute approximate surface area is 140 Å². The number of ketones is 1. The molecular weight excluding hydrogens is 304 g/mol. The third kappa shape index (κ3) is 2.90. The largest absolute Gasteiger partial charge is 0.496 e. The van der Waals surface area contributed by atoms with Gasteiger partial charge in [0.25, 0.3) is 0 Å². The Balaban J connectivity index is 2.23. The van der Waals surface area contributed by atoms with Crippen molar-refractivity contribution < 1.29 is 14.3 Å². The van der Waals surface area contributed by atoms with Crippen LogP contribution in [0, 0.1) is 0 Å². The fourth-order valence-electron chi connectivity index (χ4n) is 3.28. The summed E-state index contributed by atoms with van der Waals surface area (Å²) in [7, 11) is 1.53. The van der Waals surface area contributed by atoms with E-state index in [0.29, 0.717) is 34.5 Å². The smallest absolute Gasteiger partial charge is 0.249 e. The molecule has 1 fully saturated rings. The quantitative estimate of drug-likeness (QED) is 0.825. The summed E-state index contributed by atoms with van der Waals surface area (Å²) < 4.78 is 5.43. The second kappa shape index (κ2) is 6.84. The molecular formula is C19H20N2O3. The molecule has 0 radical (unpaired) electrons. The average Bonchev–Trinajstić information content (AvgIpc) is 3.14. The summed E-state index contributed by atoms with van der Waals surface area (Å²) in [6.07, 6.45) is 0.850. The van der Waals surface area contributed by atoms with Crippen LogP contribution in [0.5, 0.6) is 5.75 Å². The Kier molecular flexibility index (Phi) is 4.62. The van der Waals surface area contributed by atoms with Crippen molar-refractivity contribution >= 4 is 11.7 Å². The van der Waals surface area contributed by atoms with Crippen LogP contribution < -0.4 is 15.8 Å². The lowest BCUT2D eigenvalue weighted by atomic mass is 9.85. The number of rotatable bonds is 5. The molecule has 1 unspecified atom stereocenters. The molecule has 5 heteroatoms. The van der Waals surface area contributed by atoms with Crippen LogP contribution in [0.25, 0.3) is 0 Å². The van der Waals surface area contributed by atoms with E-state index in [1.807, 2.05) is 18.2 Å². The number of amides is 1. The summed E-state index contributed by atoms with van der Waals surface area (Å²) in [4.78, 5) is 25.1. The highest BCUT2D eigenvalue weighted by Gasteiger charge is 2.30. The molecule has 0 aromatic heterocycles. The summed E-state index contributed by atoms with van der Waals surface area (Å²) in [5, 5.41) is 3.28. The Morgan fingerprint density at radius 2 is 1.92 bits per heavy atom. The van der Waals surface area contributed by atoms with Crippen molar-refractivity contribution in [3.05, 3.63) is 64.7 Å². The number of ether oxygens (including phenoxy) is 1. The Morgan fingerprint density at radius 1 is 1.17 bits per heavy atom. The molecule has 3 N–H and O–H groups in total. The van der Waals surface area contributed by atoms with E-state index < -0.39 is 5.91 Å². The molecule has 5 nitrogen and oxygen atoms in total. The molecule has 1 heterocycles. The third-order valence-electron chi connectivity index (χ3n) is 4.42. The van der Waals surface area contributed by atoms with Crippen molar-refractivity contribution in [1.29, 1.82) is 0 Å². The minimum absolute atomic E-state index is 0.0604. The summed E-state index contributed by atoms with van der Waals surface area (Å²) in [5.41, 5.74) is 7.66. The van der Waals surface area contributed by atoms with Crippen LogP contribution in [-0.2, 0) is 0 Å². The Bertz CT molecular complexity index is 766. The van der Waals surface area contributed by atoms with Crippen LogP contribution >= 0.6 is 0 Å². The summed E-state index contributed by atoms with van der Waals surface area (Å²) in [5.74, 6) is -0.153. The number of nitrogens with two attached hydrogens (primary N) is 1. The van der Waals surface area contributed by atoms with E-state index in [-0.39, 0.29) is 11.7 Å². The number of hydrogen-bond acceptors (Lipinski definition) is 4. The van der Waals surface area contributed by atoms with Crippen molar-refractivity contribution in [2.24, 2.45) is 5.73 Å². The van der Waals surface area contributed by atoms with Gasteiger partial charge in [-0.3, -0.25) is 9.59 Å². The highest BCUT2D eigenvalue weighted by atomic mass is 16.5. The monoisotopic (exact) mass is 324 g/mol. The van der Waals surface area contributed by atoms with Gasteiger partial charge in [-0.05, 0) is 36.6 Å². The predicted octanol–water partition coefficient (Wildman–Crippen LogP) is 2.10. The average molecular weight is 324 g/mol. The lowest BCUT2D eigenvalue weighted by Gasteiger charge is -2.20. The van der Waals surface area contributed by atoms with E-state index in [1.165, 1.54) is 7.11 Å². The van der Waals surface area contributed by atoms with E-state index in [4.69, 9.17) is 10.5 Å². The molecule has 2 aromatic rings. The van der Waals surface area contributed by atoms with Gasteiger partial charge in [0.15, 0.2) is 5.78 Å². The van der Waals surface area contributed by atoms with Crippen LogP contribution in [0.15, 0.2) is 42.5 Å². The Morgan fingerprint density at radius 3 is 2.50 bits per heavy atom. The van der Waals surface area contributed by atoms with Gasteiger partial charge in [-0.2, -0.15) is 0 Å². The third-order valence-corrected chi connectivity index (χ3v) is 4.42. The van der Waals surface area contributed by atoms with Crippen molar-refractivity contribution in [2.45, 2.75) is 12.3 Å². The van der Waals surface area contributed by atoms with Gasteiger partial charge in [-0.25, -0.2) is 0 Å². The zero-order chi connectivity index (χ0) is 17.1. The van der Waals surface area contributed by atoms with E-state index >= 15 is 0 Å². The molecule has 0 aliphatic carbocycles. The minimum atomic E-state index is -0.526. The molecule has 0 spiro atoms. The van der Waals surface area contributed by atoms with Crippen LogP contribution in [0.2, 0.25) is 0 Å². The Hall–Kier alpha value is -2.66. The maximum atomic E-state index is 13.1. The fourth-order valence-corrected chi connectivity index (χ4v) is 3.28. The summed E-state index contributed by atoms with van der Waals surface area (Å²) in [6.45, 7) is 1.56. The first-order chi connectivity index (χ1) is 11.6. The highest BCUT2D eigenvalue weighted by molar-refractivity contribution is 6.13. The summed E-state index contributed by atoms with van der Waals surface area (Å²) >= 11 is 0. The minimum Gasteiger partial charge on any atom is -0.496 e. The second-order valence-corrected chi connectivity index (χ2v) is 5.85. The van der Waals surface area contributed by atoms with Gasteiger partial charge < -0.3 is 15.8 Å². The molecule has 1 amide bonds. The fraction of sp³-hybridized carbons (Fsp3) is 0.263. The molecule has 1 atom stereocenters. The zero-order valence-electron chi connectivity index (χ0n) is 13.5. The number of methoxy groups -OCH3 is 1. The normalized spacial score (nSPS) is 16.8. The second-order valence-electron chi connectivity index (χ2n) is 5.85. The van der Waals surface area contributed by atoms with Crippen molar-refractivity contribution in [3.63, 3.8) is 0 Å². The van der Waals surface area contributed by atoms with E-state index in [0.717, 1.165) is 13.0 Å². The van der Waals surface area contributed by atoms with Gasteiger partial charge in [0.1, 0.15) is 5.75 Å². The number of hydrogen-bond donors (Lipinski definition) is 2. The van der Waals surface area contributed by atoms with Gasteiger partial charge in [-0.1, -0.05) is 30.3 Å². The van der Waals surface area contributed by atoms with E-state index in [2.05, 4.69) is 5.32 Å². The lowest BCUT2D eigenvalue weighted by molar-refractivity contribution is 0.0999. The lowest BCUT2D eigenvalue weighted by Crippen LogP contribution is -2.21. The molecule has 2 aromatic carbocycles. The first-order valence-electron chi connectivity index (χ1n) is 7.94. The SMILES string of the molecule is COc1ccc(C(N)=O)c(C2CCNC2)c1C(=O)c1ccccc1. The molecule has 0 saturated carbocycles. The van der Waals surface area contributed by atoms with Gasteiger partial charge in [0.05, 0.1) is 12.7 Å². The zero-order valence-corrected chi connectivity index (χ0v) is 13.5. The van der Waals surface area contributed by atoms with Gasteiger partial charge in [0, 0.05) is 17.7 Å². The number of carbonyl (C=O) groups excluding carboxylic acids is 2. The topological polar surface area (TPSA) is 81.4 Å². The standard InChI is InChI=1S/C19H20N2O3/c1-24-15-8-7-14(19(20)23)16(13-9-10-21-11-13)17(15)18(22)12-5-3-2-4-6-12/h2-8,13,21H,9-11H2,1H3,(H2,20,23). The first-order valence-corrected chi connectivity index (χ1v) is 7.94.